The number of benzene rings is 2. The minimum absolute atomic E-state index is 0.129. The molecule has 9 nitrogen and oxygen atoms in total. The lowest BCUT2D eigenvalue weighted by molar-refractivity contribution is 0.0692. The zero-order chi connectivity index (χ0) is 22.2. The van der Waals surface area contributed by atoms with Crippen LogP contribution in [0.25, 0.3) is 11.0 Å². The van der Waals surface area contributed by atoms with Gasteiger partial charge in [-0.2, -0.15) is 0 Å². The minimum Gasteiger partial charge on any atom is -0.507 e. The van der Waals surface area contributed by atoms with Gasteiger partial charge >= 0.3 is 11.9 Å². The number of aromatic carboxylic acids is 2. The number of carboxylic acids is 2. The molecular weight excluding hydrogens is 396 g/mol. The Morgan fingerprint density at radius 1 is 0.933 bits per heavy atom. The minimum atomic E-state index is -1.65. The van der Waals surface area contributed by atoms with E-state index in [1.807, 2.05) is 0 Å². The molecule has 154 valence electrons. The Labute approximate surface area is 168 Å². The summed E-state index contributed by atoms with van der Waals surface area (Å²) in [6.45, 7) is 1.80. The largest absolute Gasteiger partial charge is 0.507 e. The van der Waals surface area contributed by atoms with Crippen molar-refractivity contribution < 1.29 is 39.2 Å². The number of hydrogen-bond donors (Lipinski definition) is 4. The van der Waals surface area contributed by atoms with Gasteiger partial charge in [-0.05, 0) is 24.6 Å². The lowest BCUT2D eigenvalue weighted by Crippen LogP contribution is -2.17. The molecular formula is C21H16O9. The summed E-state index contributed by atoms with van der Waals surface area (Å²) < 4.78 is 5.61. The molecule has 0 aliphatic carbocycles. The van der Waals surface area contributed by atoms with Crippen LogP contribution in [0.15, 0.2) is 39.5 Å². The van der Waals surface area contributed by atoms with E-state index in [2.05, 4.69) is 0 Å². The molecule has 1 heterocycles. The topological polar surface area (TPSA) is 162 Å². The Bertz CT molecular complexity index is 1250. The summed E-state index contributed by atoms with van der Waals surface area (Å²) in [5.41, 5.74) is -3.93. The Kier molecular flexibility index (Phi) is 5.29. The third-order valence-electron chi connectivity index (χ3n) is 4.48. The number of phenolic OH excluding ortho intramolecular Hbond substituents is 2. The first kappa shape index (κ1) is 20.6. The maximum Gasteiger partial charge on any atom is 0.336 e. The van der Waals surface area contributed by atoms with Gasteiger partial charge in [0, 0.05) is 12.5 Å². The van der Waals surface area contributed by atoms with E-state index in [4.69, 9.17) is 4.42 Å². The lowest BCUT2D eigenvalue weighted by Gasteiger charge is -2.13. The summed E-state index contributed by atoms with van der Waals surface area (Å²) in [5.74, 6) is -5.49. The Balaban J connectivity index is 2.53. The number of carbonyl (C=O) groups excluding carboxylic acids is 1. The third kappa shape index (κ3) is 3.37. The zero-order valence-corrected chi connectivity index (χ0v) is 15.6. The van der Waals surface area contributed by atoms with Gasteiger partial charge in [0.2, 0.25) is 5.78 Å². The quantitative estimate of drug-likeness (QED) is 0.446. The highest BCUT2D eigenvalue weighted by atomic mass is 16.4. The highest BCUT2D eigenvalue weighted by Crippen LogP contribution is 2.34. The monoisotopic (exact) mass is 412 g/mol. The van der Waals surface area contributed by atoms with Crippen LogP contribution in [0.4, 0.5) is 0 Å². The van der Waals surface area contributed by atoms with Crippen molar-refractivity contribution in [3.05, 3.63) is 68.6 Å². The van der Waals surface area contributed by atoms with Gasteiger partial charge < -0.3 is 24.8 Å². The molecule has 0 atom stereocenters. The van der Waals surface area contributed by atoms with Gasteiger partial charge in [-0.1, -0.05) is 13.0 Å². The fourth-order valence-corrected chi connectivity index (χ4v) is 3.20. The molecule has 0 aliphatic heterocycles. The molecule has 3 rings (SSSR count). The molecule has 0 unspecified atom stereocenters. The Morgan fingerprint density at radius 3 is 2.07 bits per heavy atom. The molecule has 0 radical (unpaired) electrons. The van der Waals surface area contributed by atoms with E-state index in [9.17, 15) is 39.6 Å². The van der Waals surface area contributed by atoms with E-state index in [0.717, 1.165) is 18.2 Å². The number of fused-ring (bicyclic) bond motifs is 1. The standard InChI is InChI=1S/C21H16O9/c1-2-4-9-7-14(24)15-10(20(26)27)8-11(21(28)29)16(19(15)30-9)18(25)17-12(22)5-3-6-13(17)23/h3,5-8,22-23H,2,4H2,1H3,(H,26,27)(H,28,29). The number of rotatable bonds is 6. The molecule has 4 N–H and O–H groups in total. The third-order valence-corrected chi connectivity index (χ3v) is 4.48. The van der Waals surface area contributed by atoms with Gasteiger partial charge in [0.15, 0.2) is 11.0 Å². The second-order valence-corrected chi connectivity index (χ2v) is 6.49. The average molecular weight is 412 g/mol. The molecule has 3 aromatic rings. The number of hydrogen-bond acceptors (Lipinski definition) is 7. The maximum atomic E-state index is 13.2. The van der Waals surface area contributed by atoms with Crippen molar-refractivity contribution in [2.24, 2.45) is 0 Å². The first-order valence-electron chi connectivity index (χ1n) is 8.83. The zero-order valence-electron chi connectivity index (χ0n) is 15.6. The molecule has 0 amide bonds. The lowest BCUT2D eigenvalue weighted by atomic mass is 9.92. The van der Waals surface area contributed by atoms with Crippen molar-refractivity contribution >= 4 is 28.7 Å². The van der Waals surface area contributed by atoms with Gasteiger partial charge in [-0.25, -0.2) is 9.59 Å². The van der Waals surface area contributed by atoms with E-state index >= 15 is 0 Å². The molecule has 0 aliphatic rings. The molecule has 0 bridgehead atoms. The second-order valence-electron chi connectivity index (χ2n) is 6.49. The number of aryl methyl sites for hydroxylation is 1. The molecule has 0 saturated carbocycles. The predicted molar refractivity (Wildman–Crippen MR) is 104 cm³/mol. The molecule has 0 saturated heterocycles. The fourth-order valence-electron chi connectivity index (χ4n) is 3.20. The van der Waals surface area contributed by atoms with Crippen molar-refractivity contribution in [2.75, 3.05) is 0 Å². The van der Waals surface area contributed by atoms with E-state index in [1.54, 1.807) is 6.92 Å². The van der Waals surface area contributed by atoms with Crippen LogP contribution < -0.4 is 5.43 Å². The highest BCUT2D eigenvalue weighted by Gasteiger charge is 2.31. The maximum absolute atomic E-state index is 13.2. The second kappa shape index (κ2) is 7.70. The smallest absolute Gasteiger partial charge is 0.336 e. The van der Waals surface area contributed by atoms with Crippen LogP contribution in [0.2, 0.25) is 0 Å². The first-order chi connectivity index (χ1) is 14.2. The number of carboxylic acid groups (broad SMARTS) is 2. The average Bonchev–Trinajstić information content (AvgIpc) is 2.66. The van der Waals surface area contributed by atoms with Crippen LogP contribution >= 0.6 is 0 Å². The molecule has 30 heavy (non-hydrogen) atoms. The van der Waals surface area contributed by atoms with Crippen molar-refractivity contribution in [3.63, 3.8) is 0 Å². The number of ketones is 1. The summed E-state index contributed by atoms with van der Waals surface area (Å²) in [4.78, 5) is 49.4. The van der Waals surface area contributed by atoms with Crippen LogP contribution in [0, 0.1) is 0 Å². The van der Waals surface area contributed by atoms with Gasteiger partial charge in [0.1, 0.15) is 22.8 Å². The number of carbonyl (C=O) groups is 3. The summed E-state index contributed by atoms with van der Waals surface area (Å²) in [6.07, 6.45) is 0.836. The number of aromatic hydroxyl groups is 2. The Morgan fingerprint density at radius 2 is 1.53 bits per heavy atom. The van der Waals surface area contributed by atoms with Crippen LogP contribution in [0.5, 0.6) is 11.5 Å². The van der Waals surface area contributed by atoms with Gasteiger partial charge in [-0.3, -0.25) is 9.59 Å². The van der Waals surface area contributed by atoms with Crippen molar-refractivity contribution in [2.45, 2.75) is 19.8 Å². The van der Waals surface area contributed by atoms with Crippen LogP contribution in [-0.4, -0.2) is 38.1 Å². The highest BCUT2D eigenvalue weighted by molar-refractivity contribution is 6.23. The summed E-state index contributed by atoms with van der Waals surface area (Å²) in [5, 5.41) is 38.7. The van der Waals surface area contributed by atoms with Crippen molar-refractivity contribution in [1.82, 2.24) is 0 Å². The summed E-state index contributed by atoms with van der Waals surface area (Å²) in [7, 11) is 0. The van der Waals surface area contributed by atoms with E-state index in [1.165, 1.54) is 6.07 Å². The summed E-state index contributed by atoms with van der Waals surface area (Å²) in [6, 6.07) is 5.27. The van der Waals surface area contributed by atoms with Gasteiger partial charge in [-0.15, -0.1) is 0 Å². The Hall–Kier alpha value is -4.14. The van der Waals surface area contributed by atoms with Crippen molar-refractivity contribution in [3.8, 4) is 11.5 Å². The van der Waals surface area contributed by atoms with Crippen molar-refractivity contribution in [1.29, 1.82) is 0 Å². The summed E-state index contributed by atoms with van der Waals surface area (Å²) >= 11 is 0. The normalized spacial score (nSPS) is 10.8. The van der Waals surface area contributed by atoms with E-state index in [0.29, 0.717) is 12.5 Å². The molecule has 2 aromatic carbocycles. The fraction of sp³-hybridized carbons (Fsp3) is 0.143. The number of phenols is 2. The molecule has 0 spiro atoms. The molecule has 0 fully saturated rings. The predicted octanol–water partition coefficient (Wildman–Crippen LogP) is 2.78. The molecule has 9 heteroatoms. The van der Waals surface area contributed by atoms with Gasteiger partial charge in [0.25, 0.3) is 0 Å². The van der Waals surface area contributed by atoms with E-state index in [-0.39, 0.29) is 12.2 Å². The molecule has 1 aromatic heterocycles. The first-order valence-corrected chi connectivity index (χ1v) is 8.83. The van der Waals surface area contributed by atoms with Crippen LogP contribution in [0.1, 0.15) is 55.7 Å². The van der Waals surface area contributed by atoms with Crippen LogP contribution in [-0.2, 0) is 6.42 Å². The van der Waals surface area contributed by atoms with E-state index < -0.39 is 67.9 Å². The SMILES string of the molecule is CCCc1cc(=O)c2c(C(=O)O)cc(C(=O)O)c(C(=O)c3c(O)cccc3O)c2o1. The van der Waals surface area contributed by atoms with Gasteiger partial charge in [0.05, 0.1) is 22.1 Å². The van der Waals surface area contributed by atoms with Crippen LogP contribution in [0.3, 0.4) is 0 Å².